The molecule has 0 atom stereocenters. The zero-order chi connectivity index (χ0) is 10.7. The first-order chi connectivity index (χ1) is 7.29. The Hall–Kier alpha value is -1.46. The summed E-state index contributed by atoms with van der Waals surface area (Å²) in [6.45, 7) is 0.483. The highest BCUT2D eigenvalue weighted by atomic mass is 32.1. The smallest absolute Gasteiger partial charge is 0.142 e. The van der Waals surface area contributed by atoms with Gasteiger partial charge < -0.3 is 14.1 Å². The van der Waals surface area contributed by atoms with Crippen LogP contribution in [0.4, 0.5) is 0 Å². The first kappa shape index (κ1) is 10.1. The highest BCUT2D eigenvalue weighted by Crippen LogP contribution is 2.15. The van der Waals surface area contributed by atoms with Gasteiger partial charge in [0.1, 0.15) is 16.7 Å². The van der Waals surface area contributed by atoms with Gasteiger partial charge in [-0.2, -0.15) is 0 Å². The van der Waals surface area contributed by atoms with Gasteiger partial charge in [0.05, 0.1) is 18.4 Å². The van der Waals surface area contributed by atoms with Gasteiger partial charge in [-0.25, -0.2) is 4.98 Å². The molecule has 0 aliphatic carbocycles. The number of nitrogens with one attached hydrogen (secondary N) is 1. The Labute approximate surface area is 91.9 Å². The first-order valence-electron chi connectivity index (χ1n) is 4.41. The van der Waals surface area contributed by atoms with Crippen LogP contribution in [0.3, 0.4) is 0 Å². The molecule has 0 aliphatic rings. The van der Waals surface area contributed by atoms with E-state index in [2.05, 4.69) is 9.97 Å². The Morgan fingerprint density at radius 1 is 1.60 bits per heavy atom. The lowest BCUT2D eigenvalue weighted by Crippen LogP contribution is -1.96. The van der Waals surface area contributed by atoms with Gasteiger partial charge >= 0.3 is 0 Å². The minimum Gasteiger partial charge on any atom is -0.472 e. The monoisotopic (exact) mass is 222 g/mol. The molecule has 0 aromatic carbocycles. The summed E-state index contributed by atoms with van der Waals surface area (Å²) in [6.07, 6.45) is 3.21. The molecule has 0 saturated carbocycles. The van der Waals surface area contributed by atoms with E-state index in [9.17, 15) is 0 Å². The second kappa shape index (κ2) is 4.37. The van der Waals surface area contributed by atoms with Crippen LogP contribution in [0.1, 0.15) is 5.69 Å². The highest BCUT2D eigenvalue weighted by Gasteiger charge is 2.03. The lowest BCUT2D eigenvalue weighted by atomic mass is 10.3. The summed E-state index contributed by atoms with van der Waals surface area (Å²) in [4.78, 5) is 7.33. The van der Waals surface area contributed by atoms with Gasteiger partial charge in [0, 0.05) is 12.8 Å². The number of furan rings is 1. The Kier molecular flexibility index (Phi) is 2.94. The van der Waals surface area contributed by atoms with E-state index in [0.717, 1.165) is 11.3 Å². The second-order valence-corrected chi connectivity index (χ2v) is 3.46. The van der Waals surface area contributed by atoms with Crippen molar-refractivity contribution in [3.8, 4) is 11.4 Å². The molecule has 2 heterocycles. The number of ether oxygens (including phenoxy) is 1. The zero-order valence-electron chi connectivity index (χ0n) is 8.19. The molecule has 2 aromatic heterocycles. The second-order valence-electron chi connectivity index (χ2n) is 3.04. The van der Waals surface area contributed by atoms with Gasteiger partial charge in [-0.1, -0.05) is 12.2 Å². The molecular formula is C10H10N2O2S. The van der Waals surface area contributed by atoms with Crippen molar-refractivity contribution in [3.63, 3.8) is 0 Å². The summed E-state index contributed by atoms with van der Waals surface area (Å²) in [5.41, 5.74) is 1.77. The Morgan fingerprint density at radius 3 is 3.13 bits per heavy atom. The van der Waals surface area contributed by atoms with E-state index < -0.39 is 0 Å². The SMILES string of the molecule is COCc1cc(=S)nc(-c2ccoc2)[nH]1. The van der Waals surface area contributed by atoms with Crippen molar-refractivity contribution in [1.82, 2.24) is 9.97 Å². The fraction of sp³-hybridized carbons (Fsp3) is 0.200. The Balaban J connectivity index is 2.44. The van der Waals surface area contributed by atoms with Crippen LogP contribution < -0.4 is 0 Å². The molecule has 0 bridgehead atoms. The molecule has 0 unspecified atom stereocenters. The highest BCUT2D eigenvalue weighted by molar-refractivity contribution is 7.71. The number of H-pyrrole nitrogens is 1. The van der Waals surface area contributed by atoms with Crippen LogP contribution in [0.2, 0.25) is 0 Å². The van der Waals surface area contributed by atoms with Gasteiger partial charge in [0.25, 0.3) is 0 Å². The third kappa shape index (κ3) is 2.31. The summed E-state index contributed by atoms with van der Waals surface area (Å²) in [5.74, 6) is 0.698. The maximum Gasteiger partial charge on any atom is 0.142 e. The summed E-state index contributed by atoms with van der Waals surface area (Å²) < 4.78 is 10.5. The number of aromatic amines is 1. The molecule has 5 heteroatoms. The third-order valence-electron chi connectivity index (χ3n) is 1.89. The van der Waals surface area contributed by atoms with Crippen molar-refractivity contribution in [2.24, 2.45) is 0 Å². The molecule has 4 nitrogen and oxygen atoms in total. The maximum atomic E-state index is 5.06. The molecule has 0 amide bonds. The quantitative estimate of drug-likeness (QED) is 0.811. The van der Waals surface area contributed by atoms with Crippen molar-refractivity contribution >= 4 is 12.2 Å². The van der Waals surface area contributed by atoms with E-state index in [4.69, 9.17) is 21.4 Å². The normalized spacial score (nSPS) is 10.5. The summed E-state index contributed by atoms with van der Waals surface area (Å²) >= 11 is 5.06. The third-order valence-corrected chi connectivity index (χ3v) is 2.10. The number of nitrogens with zero attached hydrogens (tertiary/aromatic N) is 1. The number of hydrogen-bond donors (Lipinski definition) is 1. The van der Waals surface area contributed by atoms with E-state index in [1.54, 1.807) is 25.7 Å². The van der Waals surface area contributed by atoms with Gasteiger partial charge in [0.15, 0.2) is 0 Å². The predicted molar refractivity (Wildman–Crippen MR) is 57.8 cm³/mol. The number of hydrogen-bond acceptors (Lipinski definition) is 4. The van der Waals surface area contributed by atoms with Gasteiger partial charge in [0.2, 0.25) is 0 Å². The maximum absolute atomic E-state index is 5.06. The van der Waals surface area contributed by atoms with Crippen molar-refractivity contribution in [3.05, 3.63) is 35.0 Å². The predicted octanol–water partition coefficient (Wildman–Crippen LogP) is 2.55. The molecule has 0 aliphatic heterocycles. The van der Waals surface area contributed by atoms with Crippen molar-refractivity contribution in [2.45, 2.75) is 6.61 Å². The van der Waals surface area contributed by atoms with Gasteiger partial charge in [-0.15, -0.1) is 0 Å². The largest absolute Gasteiger partial charge is 0.472 e. The summed E-state index contributed by atoms with van der Waals surface area (Å²) in [5, 5.41) is 0. The fourth-order valence-corrected chi connectivity index (χ4v) is 1.51. The van der Waals surface area contributed by atoms with E-state index in [1.807, 2.05) is 6.07 Å². The van der Waals surface area contributed by atoms with Crippen molar-refractivity contribution in [1.29, 1.82) is 0 Å². The molecule has 15 heavy (non-hydrogen) atoms. The van der Waals surface area contributed by atoms with Gasteiger partial charge in [-0.05, 0) is 12.1 Å². The minimum atomic E-state index is 0.483. The van der Waals surface area contributed by atoms with Crippen molar-refractivity contribution < 1.29 is 9.15 Å². The lowest BCUT2D eigenvalue weighted by molar-refractivity contribution is 0.181. The standard InChI is InChI=1S/C10H10N2O2S/c1-13-6-8-4-9(15)12-10(11-8)7-2-3-14-5-7/h2-5H,6H2,1H3,(H,11,12,15). The van der Waals surface area contributed by atoms with Crippen LogP contribution in [0.25, 0.3) is 11.4 Å². The Bertz CT molecular complexity index is 490. The van der Waals surface area contributed by atoms with Crippen LogP contribution in [0.15, 0.2) is 29.1 Å². The zero-order valence-corrected chi connectivity index (χ0v) is 9.00. The van der Waals surface area contributed by atoms with Crippen molar-refractivity contribution in [2.75, 3.05) is 7.11 Å². The molecule has 2 rings (SSSR count). The molecule has 0 radical (unpaired) electrons. The minimum absolute atomic E-state index is 0.483. The molecule has 1 N–H and O–H groups in total. The van der Waals surface area contributed by atoms with E-state index in [1.165, 1.54) is 0 Å². The Morgan fingerprint density at radius 2 is 2.47 bits per heavy atom. The molecule has 2 aromatic rings. The first-order valence-corrected chi connectivity index (χ1v) is 4.82. The van der Waals surface area contributed by atoms with Crippen LogP contribution in [0.5, 0.6) is 0 Å². The molecule has 0 saturated heterocycles. The number of methoxy groups -OCH3 is 1. The average Bonchev–Trinajstić information content (AvgIpc) is 2.70. The van der Waals surface area contributed by atoms with E-state index >= 15 is 0 Å². The topological polar surface area (TPSA) is 51.1 Å². The molecular weight excluding hydrogens is 212 g/mol. The van der Waals surface area contributed by atoms with E-state index in [0.29, 0.717) is 17.1 Å². The van der Waals surface area contributed by atoms with Crippen LogP contribution in [-0.2, 0) is 11.3 Å². The summed E-state index contributed by atoms with van der Waals surface area (Å²) in [7, 11) is 1.63. The van der Waals surface area contributed by atoms with Crippen LogP contribution in [-0.4, -0.2) is 17.1 Å². The summed E-state index contributed by atoms with van der Waals surface area (Å²) in [6, 6.07) is 3.60. The van der Waals surface area contributed by atoms with Gasteiger partial charge in [-0.3, -0.25) is 0 Å². The number of aromatic nitrogens is 2. The number of rotatable bonds is 3. The lowest BCUT2D eigenvalue weighted by Gasteiger charge is -2.02. The average molecular weight is 222 g/mol. The molecule has 0 fully saturated rings. The molecule has 0 spiro atoms. The molecule has 78 valence electrons. The fourth-order valence-electron chi connectivity index (χ4n) is 1.28. The van der Waals surface area contributed by atoms with Crippen LogP contribution in [0, 0.1) is 4.64 Å². The van der Waals surface area contributed by atoms with E-state index in [-0.39, 0.29) is 0 Å². The van der Waals surface area contributed by atoms with Crippen LogP contribution >= 0.6 is 12.2 Å².